The molecule has 0 spiro atoms. The molecular formula is C11H8F2N4O. The zero-order valence-corrected chi connectivity index (χ0v) is 9.02. The molecule has 0 aliphatic heterocycles. The highest BCUT2D eigenvalue weighted by Gasteiger charge is 2.08. The Balaban J connectivity index is 2.05. The summed E-state index contributed by atoms with van der Waals surface area (Å²) in [6.45, 7) is 0. The Kier molecular flexibility index (Phi) is 3.42. The first-order valence-electron chi connectivity index (χ1n) is 4.94. The van der Waals surface area contributed by atoms with Crippen LogP contribution in [0.1, 0.15) is 0 Å². The Morgan fingerprint density at radius 2 is 2.00 bits per heavy atom. The highest BCUT2D eigenvalue weighted by Crippen LogP contribution is 2.15. The molecule has 2 amide bonds. The number of rotatable bonds is 2. The van der Waals surface area contributed by atoms with Crippen molar-refractivity contribution in [3.63, 3.8) is 0 Å². The molecule has 0 radical (unpaired) electrons. The average molecular weight is 250 g/mol. The predicted molar refractivity (Wildman–Crippen MR) is 61.0 cm³/mol. The van der Waals surface area contributed by atoms with Crippen LogP contribution in [-0.2, 0) is 0 Å². The number of aromatic nitrogens is 2. The fourth-order valence-electron chi connectivity index (χ4n) is 1.23. The van der Waals surface area contributed by atoms with Crippen LogP contribution < -0.4 is 10.6 Å². The van der Waals surface area contributed by atoms with Gasteiger partial charge in [-0.1, -0.05) is 0 Å². The molecule has 7 heteroatoms. The lowest BCUT2D eigenvalue weighted by molar-refractivity contribution is 0.262. The quantitative estimate of drug-likeness (QED) is 0.860. The van der Waals surface area contributed by atoms with Crippen LogP contribution in [0.3, 0.4) is 0 Å². The summed E-state index contributed by atoms with van der Waals surface area (Å²) in [5, 5.41) is 4.49. The molecule has 5 nitrogen and oxygen atoms in total. The third-order valence-corrected chi connectivity index (χ3v) is 1.98. The van der Waals surface area contributed by atoms with Crippen LogP contribution in [0, 0.1) is 11.6 Å². The van der Waals surface area contributed by atoms with E-state index in [1.807, 2.05) is 0 Å². The topological polar surface area (TPSA) is 66.9 Å². The molecule has 92 valence electrons. The van der Waals surface area contributed by atoms with Gasteiger partial charge in [0.2, 0.25) is 0 Å². The van der Waals surface area contributed by atoms with Crippen molar-refractivity contribution in [3.05, 3.63) is 48.4 Å². The summed E-state index contributed by atoms with van der Waals surface area (Å²) in [5.74, 6) is -1.18. The molecule has 0 fully saturated rings. The van der Waals surface area contributed by atoms with Crippen LogP contribution in [0.15, 0.2) is 36.8 Å². The van der Waals surface area contributed by atoms with Gasteiger partial charge < -0.3 is 5.32 Å². The number of nitrogens with one attached hydrogen (secondary N) is 2. The highest BCUT2D eigenvalue weighted by atomic mass is 19.1. The molecule has 2 rings (SSSR count). The Bertz CT molecular complexity index is 562. The van der Waals surface area contributed by atoms with Crippen molar-refractivity contribution in [2.45, 2.75) is 0 Å². The second-order valence-corrected chi connectivity index (χ2v) is 3.29. The van der Waals surface area contributed by atoms with Crippen molar-refractivity contribution in [2.24, 2.45) is 0 Å². The third kappa shape index (κ3) is 2.97. The molecule has 18 heavy (non-hydrogen) atoms. The van der Waals surface area contributed by atoms with Crippen molar-refractivity contribution in [1.82, 2.24) is 9.97 Å². The van der Waals surface area contributed by atoms with Crippen molar-refractivity contribution in [1.29, 1.82) is 0 Å². The van der Waals surface area contributed by atoms with Crippen molar-refractivity contribution in [3.8, 4) is 0 Å². The zero-order chi connectivity index (χ0) is 13.0. The SMILES string of the molecule is O=C(Nc1cnccn1)Nc1cc(F)ccc1F. The lowest BCUT2D eigenvalue weighted by Crippen LogP contribution is -2.20. The van der Waals surface area contributed by atoms with E-state index in [0.717, 1.165) is 18.2 Å². The lowest BCUT2D eigenvalue weighted by Gasteiger charge is -2.07. The number of nitrogens with zero attached hydrogens (tertiary/aromatic N) is 2. The number of urea groups is 1. The first-order chi connectivity index (χ1) is 8.65. The van der Waals surface area contributed by atoms with Crippen molar-refractivity contribution < 1.29 is 13.6 Å². The van der Waals surface area contributed by atoms with Crippen LogP contribution in [-0.4, -0.2) is 16.0 Å². The maximum absolute atomic E-state index is 13.2. The normalized spacial score (nSPS) is 9.89. The van der Waals surface area contributed by atoms with Gasteiger partial charge in [0, 0.05) is 18.5 Å². The highest BCUT2D eigenvalue weighted by molar-refractivity contribution is 5.99. The van der Waals surface area contributed by atoms with Gasteiger partial charge >= 0.3 is 6.03 Å². The molecule has 2 aromatic rings. The minimum atomic E-state index is -0.736. The van der Waals surface area contributed by atoms with Gasteiger partial charge in [0.25, 0.3) is 0 Å². The first-order valence-corrected chi connectivity index (χ1v) is 4.94. The number of carbonyl (C=O) groups is 1. The zero-order valence-electron chi connectivity index (χ0n) is 9.02. The Labute approximate surface area is 101 Å². The van der Waals surface area contributed by atoms with E-state index < -0.39 is 17.7 Å². The van der Waals surface area contributed by atoms with E-state index in [0.29, 0.717) is 0 Å². The monoisotopic (exact) mass is 250 g/mol. The molecule has 0 saturated carbocycles. The summed E-state index contributed by atoms with van der Waals surface area (Å²) >= 11 is 0. The van der Waals surface area contributed by atoms with Gasteiger partial charge in [-0.05, 0) is 12.1 Å². The van der Waals surface area contributed by atoms with Crippen LogP contribution >= 0.6 is 0 Å². The van der Waals surface area contributed by atoms with Crippen LogP contribution in [0.5, 0.6) is 0 Å². The fraction of sp³-hybridized carbons (Fsp3) is 0. The maximum atomic E-state index is 13.2. The third-order valence-electron chi connectivity index (χ3n) is 1.98. The van der Waals surface area contributed by atoms with E-state index in [4.69, 9.17) is 0 Å². The summed E-state index contributed by atoms with van der Waals surface area (Å²) in [6.07, 6.45) is 4.15. The number of halogens is 2. The smallest absolute Gasteiger partial charge is 0.305 e. The first kappa shape index (κ1) is 11.9. The lowest BCUT2D eigenvalue weighted by atomic mass is 10.3. The number of carbonyl (C=O) groups excluding carboxylic acids is 1. The van der Waals surface area contributed by atoms with Gasteiger partial charge in [-0.25, -0.2) is 18.6 Å². The standard InChI is InChI=1S/C11H8F2N4O/c12-7-1-2-8(13)9(5-7)16-11(18)17-10-6-14-3-4-15-10/h1-6H,(H2,15,16,17,18). The van der Waals surface area contributed by atoms with E-state index >= 15 is 0 Å². The molecule has 0 bridgehead atoms. The van der Waals surface area contributed by atoms with E-state index in [1.165, 1.54) is 18.6 Å². The van der Waals surface area contributed by atoms with E-state index in [9.17, 15) is 13.6 Å². The summed E-state index contributed by atoms with van der Waals surface area (Å²) in [7, 11) is 0. The summed E-state index contributed by atoms with van der Waals surface area (Å²) in [4.78, 5) is 19.0. The number of amides is 2. The molecular weight excluding hydrogens is 242 g/mol. The van der Waals surface area contributed by atoms with Gasteiger partial charge in [0.05, 0.1) is 11.9 Å². The van der Waals surface area contributed by atoms with Gasteiger partial charge in [0.15, 0.2) is 5.82 Å². The van der Waals surface area contributed by atoms with Crippen molar-refractivity contribution >= 4 is 17.5 Å². The minimum Gasteiger partial charge on any atom is -0.305 e. The average Bonchev–Trinajstić information content (AvgIpc) is 2.35. The number of hydrogen-bond acceptors (Lipinski definition) is 3. The molecule has 1 aromatic carbocycles. The second kappa shape index (κ2) is 5.17. The van der Waals surface area contributed by atoms with Gasteiger partial charge in [-0.3, -0.25) is 10.3 Å². The molecule has 0 unspecified atom stereocenters. The summed E-state index contributed by atoms with van der Waals surface area (Å²) in [5.41, 5.74) is -0.253. The van der Waals surface area contributed by atoms with E-state index in [1.54, 1.807) is 0 Å². The minimum absolute atomic E-state index is 0.201. The second-order valence-electron chi connectivity index (χ2n) is 3.29. The number of anilines is 2. The molecule has 1 heterocycles. The predicted octanol–water partition coefficient (Wildman–Crippen LogP) is 2.40. The van der Waals surface area contributed by atoms with Gasteiger partial charge in [0.1, 0.15) is 11.6 Å². The molecule has 2 N–H and O–H groups in total. The van der Waals surface area contributed by atoms with Gasteiger partial charge in [-0.2, -0.15) is 0 Å². The van der Waals surface area contributed by atoms with Crippen LogP contribution in [0.2, 0.25) is 0 Å². The number of hydrogen-bond donors (Lipinski definition) is 2. The molecule has 0 aliphatic rings. The largest absolute Gasteiger partial charge is 0.324 e. The van der Waals surface area contributed by atoms with Crippen molar-refractivity contribution in [2.75, 3.05) is 10.6 Å². The molecule has 0 aliphatic carbocycles. The van der Waals surface area contributed by atoms with Crippen LogP contribution in [0.25, 0.3) is 0 Å². The molecule has 1 aromatic heterocycles. The molecule has 0 saturated heterocycles. The Morgan fingerprint density at radius 1 is 1.17 bits per heavy atom. The van der Waals surface area contributed by atoms with Gasteiger partial charge in [-0.15, -0.1) is 0 Å². The fourth-order valence-corrected chi connectivity index (χ4v) is 1.23. The van der Waals surface area contributed by atoms with E-state index in [-0.39, 0.29) is 11.5 Å². The van der Waals surface area contributed by atoms with Crippen LogP contribution in [0.4, 0.5) is 25.1 Å². The number of benzene rings is 1. The summed E-state index contributed by atoms with van der Waals surface area (Å²) in [6, 6.07) is 2.03. The maximum Gasteiger partial charge on any atom is 0.324 e. The van der Waals surface area contributed by atoms with E-state index in [2.05, 4.69) is 20.6 Å². The summed E-state index contributed by atoms with van der Waals surface area (Å²) < 4.78 is 26.1. The molecule has 0 atom stereocenters. The Hall–Kier alpha value is -2.57. The Morgan fingerprint density at radius 3 is 2.72 bits per heavy atom.